The number of phenols is 1. The van der Waals surface area contributed by atoms with Crippen molar-refractivity contribution < 1.29 is 14.6 Å². The van der Waals surface area contributed by atoms with E-state index in [-0.39, 0.29) is 17.9 Å². The predicted octanol–water partition coefficient (Wildman–Crippen LogP) is 3.27. The molecule has 106 valence electrons. The van der Waals surface area contributed by atoms with E-state index in [1.807, 2.05) is 30.5 Å². The van der Waals surface area contributed by atoms with Gasteiger partial charge in [0.2, 0.25) is 0 Å². The van der Waals surface area contributed by atoms with Crippen LogP contribution in [0.5, 0.6) is 5.75 Å². The maximum atomic E-state index is 11.9. The summed E-state index contributed by atoms with van der Waals surface area (Å²) in [6, 6.07) is 14.4. The van der Waals surface area contributed by atoms with Crippen molar-refractivity contribution >= 4 is 16.9 Å². The van der Waals surface area contributed by atoms with E-state index in [2.05, 4.69) is 4.98 Å². The molecule has 0 bridgehead atoms. The Labute approximate surface area is 122 Å². The summed E-state index contributed by atoms with van der Waals surface area (Å²) in [7, 11) is 0. The summed E-state index contributed by atoms with van der Waals surface area (Å²) in [4.78, 5) is 15.1. The second-order valence-electron chi connectivity index (χ2n) is 4.76. The van der Waals surface area contributed by atoms with E-state index in [0.717, 1.165) is 16.5 Å². The van der Waals surface area contributed by atoms with Crippen LogP contribution in [-0.4, -0.2) is 22.7 Å². The average Bonchev–Trinajstić information content (AvgIpc) is 2.91. The van der Waals surface area contributed by atoms with E-state index in [0.29, 0.717) is 6.42 Å². The average molecular weight is 281 g/mol. The summed E-state index contributed by atoms with van der Waals surface area (Å²) in [6.07, 6.45) is 2.56. The Bertz CT molecular complexity index is 776. The Balaban J connectivity index is 1.64. The van der Waals surface area contributed by atoms with Crippen molar-refractivity contribution in [3.8, 4) is 5.75 Å². The van der Waals surface area contributed by atoms with Gasteiger partial charge in [-0.3, -0.25) is 0 Å². The molecule has 0 fully saturated rings. The van der Waals surface area contributed by atoms with Crippen molar-refractivity contribution in [2.24, 2.45) is 0 Å². The molecule has 0 saturated heterocycles. The van der Waals surface area contributed by atoms with Gasteiger partial charge in [0.05, 0.1) is 6.61 Å². The molecule has 4 heteroatoms. The molecule has 0 saturated carbocycles. The number of hydrogen-bond acceptors (Lipinski definition) is 3. The number of aromatic hydroxyl groups is 1. The van der Waals surface area contributed by atoms with Gasteiger partial charge in [-0.2, -0.15) is 0 Å². The summed E-state index contributed by atoms with van der Waals surface area (Å²) in [6.45, 7) is 0.273. The van der Waals surface area contributed by atoms with E-state index in [1.54, 1.807) is 18.2 Å². The lowest BCUT2D eigenvalue weighted by Crippen LogP contribution is -2.08. The van der Waals surface area contributed by atoms with Gasteiger partial charge in [0.25, 0.3) is 0 Å². The van der Waals surface area contributed by atoms with Gasteiger partial charge in [-0.15, -0.1) is 0 Å². The first-order valence-electron chi connectivity index (χ1n) is 6.76. The Hall–Kier alpha value is -2.75. The van der Waals surface area contributed by atoms with Crippen molar-refractivity contribution in [2.75, 3.05) is 6.61 Å². The second kappa shape index (κ2) is 5.71. The normalized spacial score (nSPS) is 10.7. The molecule has 1 aromatic heterocycles. The molecule has 2 N–H and O–H groups in total. The SMILES string of the molecule is O=C(OCCc1c[nH]c2ccccc12)c1ccccc1O. The van der Waals surface area contributed by atoms with Gasteiger partial charge in [-0.25, -0.2) is 4.79 Å². The third-order valence-corrected chi connectivity index (χ3v) is 3.40. The number of carbonyl (C=O) groups is 1. The van der Waals surface area contributed by atoms with Crippen molar-refractivity contribution in [2.45, 2.75) is 6.42 Å². The summed E-state index contributed by atoms with van der Waals surface area (Å²) in [5.41, 5.74) is 2.37. The zero-order valence-electron chi connectivity index (χ0n) is 11.4. The summed E-state index contributed by atoms with van der Waals surface area (Å²) in [5.74, 6) is -0.567. The standard InChI is InChI=1S/C17H15NO3/c19-16-8-4-2-6-14(16)17(20)21-10-9-12-11-18-15-7-3-1-5-13(12)15/h1-8,11,18-19H,9-10H2. The van der Waals surface area contributed by atoms with Crippen molar-refractivity contribution in [3.05, 3.63) is 65.9 Å². The molecule has 3 aromatic rings. The maximum Gasteiger partial charge on any atom is 0.341 e. The lowest BCUT2D eigenvalue weighted by Gasteiger charge is -2.05. The first-order valence-corrected chi connectivity index (χ1v) is 6.76. The minimum atomic E-state index is -0.507. The lowest BCUT2D eigenvalue weighted by molar-refractivity contribution is 0.0506. The third kappa shape index (κ3) is 2.74. The van der Waals surface area contributed by atoms with Crippen LogP contribution in [0.25, 0.3) is 10.9 Å². The topological polar surface area (TPSA) is 62.3 Å². The number of aromatic amines is 1. The monoisotopic (exact) mass is 281 g/mol. The molecule has 0 radical (unpaired) electrons. The summed E-state index contributed by atoms with van der Waals surface area (Å²) < 4.78 is 5.22. The Morgan fingerprint density at radius 1 is 1.10 bits per heavy atom. The molecule has 4 nitrogen and oxygen atoms in total. The molecule has 0 amide bonds. The zero-order chi connectivity index (χ0) is 14.7. The van der Waals surface area contributed by atoms with E-state index in [9.17, 15) is 9.90 Å². The smallest absolute Gasteiger partial charge is 0.341 e. The van der Waals surface area contributed by atoms with E-state index in [4.69, 9.17) is 4.74 Å². The van der Waals surface area contributed by atoms with Gasteiger partial charge in [0, 0.05) is 23.5 Å². The molecule has 0 spiro atoms. The molecular formula is C17H15NO3. The highest BCUT2D eigenvalue weighted by Crippen LogP contribution is 2.19. The third-order valence-electron chi connectivity index (χ3n) is 3.40. The number of aromatic nitrogens is 1. The molecule has 3 rings (SSSR count). The van der Waals surface area contributed by atoms with E-state index in [1.165, 1.54) is 6.07 Å². The molecule has 0 unspecified atom stereocenters. The number of rotatable bonds is 4. The van der Waals surface area contributed by atoms with E-state index >= 15 is 0 Å². The fourth-order valence-corrected chi connectivity index (χ4v) is 2.32. The number of esters is 1. The number of benzene rings is 2. The number of para-hydroxylation sites is 2. The Morgan fingerprint density at radius 2 is 1.86 bits per heavy atom. The Kier molecular flexibility index (Phi) is 3.60. The molecular weight excluding hydrogens is 266 g/mol. The highest BCUT2D eigenvalue weighted by atomic mass is 16.5. The Morgan fingerprint density at radius 3 is 2.71 bits per heavy atom. The highest BCUT2D eigenvalue weighted by molar-refractivity contribution is 5.92. The molecule has 0 aliphatic rings. The number of phenolic OH excluding ortho intramolecular Hbond substituents is 1. The first kappa shape index (κ1) is 13.2. The van der Waals surface area contributed by atoms with Crippen molar-refractivity contribution in [1.82, 2.24) is 4.98 Å². The number of fused-ring (bicyclic) bond motifs is 1. The number of nitrogens with one attached hydrogen (secondary N) is 1. The van der Waals surface area contributed by atoms with Crippen LogP contribution in [-0.2, 0) is 11.2 Å². The second-order valence-corrected chi connectivity index (χ2v) is 4.76. The molecule has 0 aliphatic heterocycles. The van der Waals surface area contributed by atoms with E-state index < -0.39 is 5.97 Å². The van der Waals surface area contributed by atoms with Gasteiger partial charge in [-0.1, -0.05) is 30.3 Å². The molecule has 1 heterocycles. The number of ether oxygens (including phenoxy) is 1. The minimum Gasteiger partial charge on any atom is -0.507 e. The van der Waals surface area contributed by atoms with Crippen LogP contribution in [0.3, 0.4) is 0 Å². The van der Waals surface area contributed by atoms with Crippen LogP contribution in [0, 0.1) is 0 Å². The minimum absolute atomic E-state index is 0.0606. The van der Waals surface area contributed by atoms with Crippen molar-refractivity contribution in [1.29, 1.82) is 0 Å². The first-order chi connectivity index (χ1) is 10.3. The zero-order valence-corrected chi connectivity index (χ0v) is 11.4. The quantitative estimate of drug-likeness (QED) is 0.721. The fraction of sp³-hybridized carbons (Fsp3) is 0.118. The van der Waals surface area contributed by atoms with Gasteiger partial charge in [-0.05, 0) is 23.8 Å². The largest absolute Gasteiger partial charge is 0.507 e. The van der Waals surface area contributed by atoms with Gasteiger partial charge < -0.3 is 14.8 Å². The number of carbonyl (C=O) groups excluding carboxylic acids is 1. The molecule has 21 heavy (non-hydrogen) atoms. The van der Waals surface area contributed by atoms with Crippen LogP contribution in [0.4, 0.5) is 0 Å². The van der Waals surface area contributed by atoms with Crippen LogP contribution >= 0.6 is 0 Å². The number of H-pyrrole nitrogens is 1. The number of hydrogen-bond donors (Lipinski definition) is 2. The predicted molar refractivity (Wildman–Crippen MR) is 80.4 cm³/mol. The van der Waals surface area contributed by atoms with Crippen LogP contribution in [0.1, 0.15) is 15.9 Å². The van der Waals surface area contributed by atoms with Gasteiger partial charge in [0.1, 0.15) is 11.3 Å². The van der Waals surface area contributed by atoms with Crippen LogP contribution in [0.15, 0.2) is 54.7 Å². The maximum absolute atomic E-state index is 11.9. The van der Waals surface area contributed by atoms with Crippen molar-refractivity contribution in [3.63, 3.8) is 0 Å². The van der Waals surface area contributed by atoms with Gasteiger partial charge >= 0.3 is 5.97 Å². The lowest BCUT2D eigenvalue weighted by atomic mass is 10.1. The fourth-order valence-electron chi connectivity index (χ4n) is 2.32. The molecule has 0 aliphatic carbocycles. The van der Waals surface area contributed by atoms with Crippen LogP contribution in [0.2, 0.25) is 0 Å². The highest BCUT2D eigenvalue weighted by Gasteiger charge is 2.12. The molecule has 0 atom stereocenters. The van der Waals surface area contributed by atoms with Crippen LogP contribution < -0.4 is 0 Å². The van der Waals surface area contributed by atoms with Gasteiger partial charge in [0.15, 0.2) is 0 Å². The summed E-state index contributed by atoms with van der Waals surface area (Å²) >= 11 is 0. The molecule has 2 aromatic carbocycles. The summed E-state index contributed by atoms with van der Waals surface area (Å²) in [5, 5.41) is 10.7.